The molecule has 3 rings (SSSR count). The normalized spacial score (nSPS) is 10.4. The maximum atomic E-state index is 12.5. The second kappa shape index (κ2) is 9.34. The minimum absolute atomic E-state index is 0.265. The molecule has 3 aromatic rings. The van der Waals surface area contributed by atoms with Crippen molar-refractivity contribution in [3.8, 4) is 5.75 Å². The average Bonchev–Trinajstić information content (AvgIpc) is 3.33. The Kier molecular flexibility index (Phi) is 6.62. The molecule has 0 unspecified atom stereocenters. The third kappa shape index (κ3) is 4.87. The van der Waals surface area contributed by atoms with Crippen molar-refractivity contribution in [2.75, 3.05) is 23.8 Å². The van der Waals surface area contributed by atoms with Crippen molar-refractivity contribution in [3.63, 3.8) is 0 Å². The number of thiophene rings is 1. The third-order valence-corrected chi connectivity index (χ3v) is 5.13. The Morgan fingerprint density at radius 1 is 1.07 bits per heavy atom. The number of hydrogen-bond acceptors (Lipinski definition) is 8. The lowest BCUT2D eigenvalue weighted by atomic mass is 10.3. The van der Waals surface area contributed by atoms with Gasteiger partial charge in [-0.25, -0.2) is 9.78 Å². The van der Waals surface area contributed by atoms with Gasteiger partial charge in [-0.15, -0.1) is 22.7 Å². The summed E-state index contributed by atoms with van der Waals surface area (Å²) in [6.07, 6.45) is 0. The summed E-state index contributed by atoms with van der Waals surface area (Å²) in [7, 11) is 0. The summed E-state index contributed by atoms with van der Waals surface area (Å²) in [5.41, 5.74) is 1.44. The Morgan fingerprint density at radius 3 is 2.57 bits per heavy atom. The Hall–Kier alpha value is -2.91. The van der Waals surface area contributed by atoms with E-state index in [2.05, 4.69) is 15.6 Å². The van der Waals surface area contributed by atoms with Crippen LogP contribution in [0.5, 0.6) is 5.75 Å². The molecule has 0 spiro atoms. The van der Waals surface area contributed by atoms with Crippen molar-refractivity contribution in [1.29, 1.82) is 0 Å². The molecule has 1 aromatic carbocycles. The first-order valence-corrected chi connectivity index (χ1v) is 10.4. The second-order valence-corrected chi connectivity index (χ2v) is 7.23. The molecule has 0 aliphatic carbocycles. The van der Waals surface area contributed by atoms with Crippen molar-refractivity contribution >= 4 is 50.4 Å². The van der Waals surface area contributed by atoms with Crippen LogP contribution in [0.25, 0.3) is 0 Å². The number of esters is 1. The average molecular weight is 418 g/mol. The molecule has 0 atom stereocenters. The van der Waals surface area contributed by atoms with Gasteiger partial charge in [0.2, 0.25) is 0 Å². The molecule has 7 nitrogen and oxygen atoms in total. The smallest absolute Gasteiger partial charge is 0.341 e. The van der Waals surface area contributed by atoms with Gasteiger partial charge in [-0.2, -0.15) is 0 Å². The zero-order chi connectivity index (χ0) is 19.9. The Labute approximate surface area is 170 Å². The third-order valence-electron chi connectivity index (χ3n) is 3.54. The summed E-state index contributed by atoms with van der Waals surface area (Å²) >= 11 is 2.57. The molecule has 0 saturated heterocycles. The highest BCUT2D eigenvalue weighted by atomic mass is 32.1. The van der Waals surface area contributed by atoms with E-state index in [0.29, 0.717) is 22.3 Å². The monoisotopic (exact) mass is 417 g/mol. The van der Waals surface area contributed by atoms with Gasteiger partial charge in [0.15, 0.2) is 5.13 Å². The number of carbonyl (C=O) groups excluding carboxylic acids is 2. The molecular formula is C19H19N3O4S2. The first kappa shape index (κ1) is 19.8. The van der Waals surface area contributed by atoms with E-state index in [9.17, 15) is 9.59 Å². The number of aromatic nitrogens is 1. The Bertz CT molecular complexity index is 950. The van der Waals surface area contributed by atoms with Crippen molar-refractivity contribution in [2.24, 2.45) is 0 Å². The zero-order valence-electron chi connectivity index (χ0n) is 15.4. The summed E-state index contributed by atoms with van der Waals surface area (Å²) in [6.45, 7) is 4.55. The topological polar surface area (TPSA) is 89.5 Å². The number of anilines is 3. The van der Waals surface area contributed by atoms with Gasteiger partial charge in [0, 0.05) is 11.1 Å². The van der Waals surface area contributed by atoms with Crippen LogP contribution < -0.4 is 15.4 Å². The quantitative estimate of drug-likeness (QED) is 0.513. The summed E-state index contributed by atoms with van der Waals surface area (Å²) in [5.74, 6) is -0.0558. The maximum absolute atomic E-state index is 12.5. The van der Waals surface area contributed by atoms with Gasteiger partial charge in [-0.1, -0.05) is 0 Å². The van der Waals surface area contributed by atoms with Crippen LogP contribution in [-0.4, -0.2) is 30.1 Å². The molecule has 0 aliphatic heterocycles. The molecule has 2 N–H and O–H groups in total. The number of thiazole rings is 1. The number of rotatable bonds is 8. The highest BCUT2D eigenvalue weighted by Gasteiger charge is 2.18. The van der Waals surface area contributed by atoms with Gasteiger partial charge >= 0.3 is 5.97 Å². The van der Waals surface area contributed by atoms with Crippen LogP contribution in [0.4, 0.5) is 15.8 Å². The van der Waals surface area contributed by atoms with Crippen LogP contribution in [0.3, 0.4) is 0 Å². The molecule has 0 bridgehead atoms. The molecule has 0 aliphatic rings. The van der Waals surface area contributed by atoms with E-state index in [1.54, 1.807) is 23.8 Å². The first-order chi connectivity index (χ1) is 13.6. The number of nitrogens with one attached hydrogen (secondary N) is 2. The standard InChI is InChI=1S/C19H19N3O4S2/c1-3-25-13-7-5-12(6-8-13)20-19-21-15(11-28-19)16(23)22-17-14(9-10-27-17)18(24)26-4-2/h5-11H,3-4H2,1-2H3,(H,20,21)(H,22,23). The minimum Gasteiger partial charge on any atom is -0.494 e. The van der Waals surface area contributed by atoms with E-state index in [4.69, 9.17) is 9.47 Å². The summed E-state index contributed by atoms with van der Waals surface area (Å²) in [5, 5.41) is 10.3. The number of carbonyl (C=O) groups is 2. The molecule has 146 valence electrons. The van der Waals surface area contributed by atoms with Crippen molar-refractivity contribution in [1.82, 2.24) is 4.98 Å². The fraction of sp³-hybridized carbons (Fsp3) is 0.211. The predicted octanol–water partition coefficient (Wildman–Crippen LogP) is 4.78. The van der Waals surface area contributed by atoms with Crippen molar-refractivity contribution < 1.29 is 19.1 Å². The molecule has 0 saturated carbocycles. The summed E-state index contributed by atoms with van der Waals surface area (Å²) < 4.78 is 10.4. The summed E-state index contributed by atoms with van der Waals surface area (Å²) in [6, 6.07) is 9.10. The number of amides is 1. The highest BCUT2D eigenvalue weighted by Crippen LogP contribution is 2.26. The molecule has 0 fully saturated rings. The molecular weight excluding hydrogens is 398 g/mol. The van der Waals surface area contributed by atoms with Gasteiger partial charge in [0.05, 0.1) is 18.8 Å². The van der Waals surface area contributed by atoms with Gasteiger partial charge < -0.3 is 20.1 Å². The van der Waals surface area contributed by atoms with E-state index in [1.807, 2.05) is 31.2 Å². The SMILES string of the molecule is CCOC(=O)c1ccsc1NC(=O)c1csc(Nc2ccc(OCC)cc2)n1. The lowest BCUT2D eigenvalue weighted by Gasteiger charge is -2.06. The second-order valence-electron chi connectivity index (χ2n) is 5.46. The summed E-state index contributed by atoms with van der Waals surface area (Å²) in [4.78, 5) is 28.7. The lowest BCUT2D eigenvalue weighted by Crippen LogP contribution is -2.14. The number of hydrogen-bond donors (Lipinski definition) is 2. The van der Waals surface area contributed by atoms with Crippen LogP contribution in [0, 0.1) is 0 Å². The van der Waals surface area contributed by atoms with Crippen molar-refractivity contribution in [2.45, 2.75) is 13.8 Å². The number of nitrogens with zero attached hydrogens (tertiary/aromatic N) is 1. The fourth-order valence-corrected chi connectivity index (χ4v) is 3.78. The predicted molar refractivity (Wildman–Crippen MR) is 111 cm³/mol. The molecule has 1 amide bonds. The van der Waals surface area contributed by atoms with Crippen molar-refractivity contribution in [3.05, 3.63) is 52.3 Å². The first-order valence-electron chi connectivity index (χ1n) is 8.62. The van der Waals surface area contributed by atoms with Gasteiger partial charge in [0.25, 0.3) is 5.91 Å². The minimum atomic E-state index is -0.463. The zero-order valence-corrected chi connectivity index (χ0v) is 17.0. The molecule has 2 aromatic heterocycles. The Balaban J connectivity index is 1.64. The molecule has 0 radical (unpaired) electrons. The van der Waals surface area contributed by atoms with Crippen LogP contribution in [0.2, 0.25) is 0 Å². The molecule has 2 heterocycles. The maximum Gasteiger partial charge on any atom is 0.341 e. The number of benzene rings is 1. The van der Waals surface area contributed by atoms with Gasteiger partial charge in [0.1, 0.15) is 16.4 Å². The van der Waals surface area contributed by atoms with Gasteiger partial charge in [-0.05, 0) is 49.6 Å². The van der Waals surface area contributed by atoms with E-state index < -0.39 is 5.97 Å². The fourth-order valence-electron chi connectivity index (χ4n) is 2.30. The number of ether oxygens (including phenoxy) is 2. The lowest BCUT2D eigenvalue weighted by molar-refractivity contribution is 0.0528. The van der Waals surface area contributed by atoms with Crippen LogP contribution in [-0.2, 0) is 4.74 Å². The molecule has 28 heavy (non-hydrogen) atoms. The largest absolute Gasteiger partial charge is 0.494 e. The van der Waals surface area contributed by atoms with Crippen LogP contribution in [0.15, 0.2) is 41.1 Å². The van der Waals surface area contributed by atoms with E-state index in [-0.39, 0.29) is 18.2 Å². The van der Waals surface area contributed by atoms with E-state index in [0.717, 1.165) is 11.4 Å². The molecule has 9 heteroatoms. The highest BCUT2D eigenvalue weighted by molar-refractivity contribution is 7.15. The van der Waals surface area contributed by atoms with Crippen LogP contribution >= 0.6 is 22.7 Å². The van der Waals surface area contributed by atoms with Gasteiger partial charge in [-0.3, -0.25) is 4.79 Å². The Morgan fingerprint density at radius 2 is 1.86 bits per heavy atom. The van der Waals surface area contributed by atoms with E-state index >= 15 is 0 Å². The van der Waals surface area contributed by atoms with Crippen LogP contribution in [0.1, 0.15) is 34.7 Å². The van der Waals surface area contributed by atoms with E-state index in [1.165, 1.54) is 22.7 Å².